The van der Waals surface area contributed by atoms with Gasteiger partial charge in [-0.25, -0.2) is 0 Å². The molecule has 1 atom stereocenters. The topological polar surface area (TPSA) is 46.5 Å². The maximum absolute atomic E-state index is 12.2. The summed E-state index contributed by atoms with van der Waals surface area (Å²) >= 11 is 0. The molecule has 0 amide bonds. The Morgan fingerprint density at radius 3 is 2.21 bits per heavy atom. The van der Waals surface area contributed by atoms with Crippen LogP contribution in [0.1, 0.15) is 40.2 Å². The van der Waals surface area contributed by atoms with E-state index in [4.69, 9.17) is 4.74 Å². The Bertz CT molecular complexity index is 423. The average molecular weight is 264 g/mol. The van der Waals surface area contributed by atoms with Crippen molar-refractivity contribution in [3.8, 4) is 0 Å². The van der Waals surface area contributed by atoms with Gasteiger partial charge in [-0.2, -0.15) is 0 Å². The normalized spacial score (nSPS) is 15.1. The lowest BCUT2D eigenvalue weighted by molar-refractivity contribution is -0.180. The second kappa shape index (κ2) is 5.74. The second-order valence-electron chi connectivity index (χ2n) is 5.63. The lowest BCUT2D eigenvalue weighted by atomic mass is 9.65. The first-order chi connectivity index (χ1) is 8.78. The molecule has 0 aliphatic carbocycles. The fourth-order valence-electron chi connectivity index (χ4n) is 2.58. The molecule has 1 N–H and O–H groups in total. The van der Waals surface area contributed by atoms with Crippen LogP contribution in [0.4, 0.5) is 0 Å². The number of hydrogen-bond donors (Lipinski definition) is 1. The van der Waals surface area contributed by atoms with Gasteiger partial charge in [0.2, 0.25) is 0 Å². The number of carbonyl (C=O) groups is 1. The van der Waals surface area contributed by atoms with Crippen LogP contribution in [-0.2, 0) is 15.1 Å². The molecule has 3 heteroatoms. The zero-order valence-corrected chi connectivity index (χ0v) is 12.4. The van der Waals surface area contributed by atoms with E-state index in [2.05, 4.69) is 0 Å². The van der Waals surface area contributed by atoms with Crippen LogP contribution in [0.2, 0.25) is 0 Å². The first kappa shape index (κ1) is 15.7. The van der Waals surface area contributed by atoms with E-state index in [0.29, 0.717) is 6.61 Å². The minimum atomic E-state index is -1.26. The van der Waals surface area contributed by atoms with Crippen LogP contribution in [0.25, 0.3) is 0 Å². The maximum atomic E-state index is 12.2. The van der Waals surface area contributed by atoms with E-state index < -0.39 is 11.0 Å². The third-order valence-electron chi connectivity index (χ3n) is 3.79. The van der Waals surface area contributed by atoms with E-state index in [0.717, 1.165) is 5.56 Å². The third kappa shape index (κ3) is 2.66. The summed E-state index contributed by atoms with van der Waals surface area (Å²) in [6.07, 6.45) is 0. The molecule has 1 rings (SSSR count). The van der Waals surface area contributed by atoms with Crippen LogP contribution in [0.5, 0.6) is 0 Å². The third-order valence-corrected chi connectivity index (χ3v) is 3.79. The van der Waals surface area contributed by atoms with Crippen LogP contribution in [0.15, 0.2) is 30.3 Å². The van der Waals surface area contributed by atoms with E-state index in [1.165, 1.54) is 0 Å². The Labute approximate surface area is 115 Å². The number of carbonyl (C=O) groups excluding carboxylic acids is 1. The number of hydrogen-bond acceptors (Lipinski definition) is 3. The van der Waals surface area contributed by atoms with Gasteiger partial charge in [-0.3, -0.25) is 4.79 Å². The van der Waals surface area contributed by atoms with Crippen molar-refractivity contribution in [2.75, 3.05) is 6.61 Å². The van der Waals surface area contributed by atoms with Gasteiger partial charge in [0, 0.05) is 0 Å². The van der Waals surface area contributed by atoms with Gasteiger partial charge < -0.3 is 9.84 Å². The van der Waals surface area contributed by atoms with E-state index in [-0.39, 0.29) is 11.9 Å². The molecule has 0 aromatic heterocycles. The maximum Gasteiger partial charge on any atom is 0.314 e. The van der Waals surface area contributed by atoms with Gasteiger partial charge in [-0.05, 0) is 32.3 Å². The summed E-state index contributed by atoms with van der Waals surface area (Å²) < 4.78 is 5.13. The molecular formula is C16H24O3. The lowest BCUT2D eigenvalue weighted by Gasteiger charge is -2.44. The van der Waals surface area contributed by atoms with Gasteiger partial charge in [-0.15, -0.1) is 0 Å². The first-order valence-corrected chi connectivity index (χ1v) is 6.73. The van der Waals surface area contributed by atoms with E-state index >= 15 is 0 Å². The van der Waals surface area contributed by atoms with Crippen LogP contribution in [0, 0.1) is 11.3 Å². The zero-order valence-electron chi connectivity index (χ0n) is 12.4. The number of ether oxygens (including phenoxy) is 1. The number of rotatable bonds is 5. The summed E-state index contributed by atoms with van der Waals surface area (Å²) in [6.45, 7) is 9.37. The van der Waals surface area contributed by atoms with Crippen LogP contribution < -0.4 is 0 Å². The van der Waals surface area contributed by atoms with Crippen LogP contribution in [0.3, 0.4) is 0 Å². The Morgan fingerprint density at radius 1 is 1.26 bits per heavy atom. The minimum Gasteiger partial charge on any atom is -0.465 e. The van der Waals surface area contributed by atoms with Crippen LogP contribution in [-0.4, -0.2) is 17.7 Å². The molecule has 0 aliphatic heterocycles. The monoisotopic (exact) mass is 264 g/mol. The molecule has 0 fully saturated rings. The van der Waals surface area contributed by atoms with Gasteiger partial charge in [-0.1, -0.05) is 44.2 Å². The van der Waals surface area contributed by atoms with E-state index in [9.17, 15) is 9.90 Å². The molecular weight excluding hydrogens is 240 g/mol. The van der Waals surface area contributed by atoms with Crippen molar-refractivity contribution in [3.05, 3.63) is 35.9 Å². The van der Waals surface area contributed by atoms with Crippen molar-refractivity contribution >= 4 is 5.97 Å². The van der Waals surface area contributed by atoms with Crippen molar-refractivity contribution in [3.63, 3.8) is 0 Å². The quantitative estimate of drug-likeness (QED) is 0.831. The van der Waals surface area contributed by atoms with Gasteiger partial charge in [0.15, 0.2) is 0 Å². The summed E-state index contributed by atoms with van der Waals surface area (Å²) in [7, 11) is 0. The Balaban J connectivity index is 3.31. The Morgan fingerprint density at radius 2 is 1.79 bits per heavy atom. The highest BCUT2D eigenvalue weighted by molar-refractivity contribution is 5.78. The smallest absolute Gasteiger partial charge is 0.314 e. The molecule has 0 saturated carbocycles. The Kier molecular flexibility index (Phi) is 4.75. The standard InChI is InChI=1S/C16H24O3/c1-6-19-14(17)15(4,5)16(18,12(2)3)13-10-8-7-9-11-13/h7-12,18H,6H2,1-5H3. The number of aliphatic hydroxyl groups is 1. The summed E-state index contributed by atoms with van der Waals surface area (Å²) in [4.78, 5) is 12.2. The molecule has 0 aliphatic rings. The fraction of sp³-hybridized carbons (Fsp3) is 0.562. The van der Waals surface area contributed by atoms with Crippen molar-refractivity contribution in [2.45, 2.75) is 40.2 Å². The zero-order chi connectivity index (χ0) is 14.7. The number of benzene rings is 1. The fourth-order valence-corrected chi connectivity index (χ4v) is 2.58. The summed E-state index contributed by atoms with van der Waals surface area (Å²) in [6, 6.07) is 9.32. The van der Waals surface area contributed by atoms with Gasteiger partial charge in [0.1, 0.15) is 5.60 Å². The largest absolute Gasteiger partial charge is 0.465 e. The second-order valence-corrected chi connectivity index (χ2v) is 5.63. The highest BCUT2D eigenvalue weighted by atomic mass is 16.5. The first-order valence-electron chi connectivity index (χ1n) is 6.73. The van der Waals surface area contributed by atoms with Gasteiger partial charge in [0.05, 0.1) is 12.0 Å². The molecule has 0 spiro atoms. The Hall–Kier alpha value is -1.35. The minimum absolute atomic E-state index is 0.116. The highest BCUT2D eigenvalue weighted by Crippen LogP contribution is 2.45. The molecule has 106 valence electrons. The molecule has 1 aromatic carbocycles. The average Bonchev–Trinajstić information content (AvgIpc) is 2.38. The molecule has 0 bridgehead atoms. The summed E-state index contributed by atoms with van der Waals surface area (Å²) in [5, 5.41) is 11.2. The van der Waals surface area contributed by atoms with E-state index in [1.54, 1.807) is 20.8 Å². The van der Waals surface area contributed by atoms with Crippen molar-refractivity contribution in [1.29, 1.82) is 0 Å². The summed E-state index contributed by atoms with van der Waals surface area (Å²) in [5.41, 5.74) is -1.54. The van der Waals surface area contributed by atoms with Crippen molar-refractivity contribution in [1.82, 2.24) is 0 Å². The van der Waals surface area contributed by atoms with Crippen LogP contribution >= 0.6 is 0 Å². The van der Waals surface area contributed by atoms with Crippen molar-refractivity contribution < 1.29 is 14.6 Å². The molecule has 0 radical (unpaired) electrons. The SMILES string of the molecule is CCOC(=O)C(C)(C)C(O)(c1ccccc1)C(C)C. The molecule has 1 aromatic rings. The van der Waals surface area contributed by atoms with Gasteiger partial charge in [0.25, 0.3) is 0 Å². The highest BCUT2D eigenvalue weighted by Gasteiger charge is 2.52. The predicted octanol–water partition coefficient (Wildman–Crippen LogP) is 3.12. The molecule has 0 saturated heterocycles. The molecule has 0 heterocycles. The molecule has 19 heavy (non-hydrogen) atoms. The summed E-state index contributed by atoms with van der Waals surface area (Å²) in [5.74, 6) is -0.496. The number of esters is 1. The molecule has 1 unspecified atom stereocenters. The van der Waals surface area contributed by atoms with Crippen molar-refractivity contribution in [2.24, 2.45) is 11.3 Å². The molecule has 3 nitrogen and oxygen atoms in total. The van der Waals surface area contributed by atoms with Gasteiger partial charge >= 0.3 is 5.97 Å². The van der Waals surface area contributed by atoms with E-state index in [1.807, 2.05) is 44.2 Å². The predicted molar refractivity (Wildman–Crippen MR) is 75.6 cm³/mol. The lowest BCUT2D eigenvalue weighted by Crippen LogP contribution is -2.51.